The summed E-state index contributed by atoms with van der Waals surface area (Å²) in [6.45, 7) is 0.631. The van der Waals surface area contributed by atoms with E-state index in [1.54, 1.807) is 6.07 Å². The Bertz CT molecular complexity index is 370. The first-order chi connectivity index (χ1) is 7.65. The number of methoxy groups -OCH3 is 1. The van der Waals surface area contributed by atoms with Crippen LogP contribution in [0.3, 0.4) is 0 Å². The van der Waals surface area contributed by atoms with E-state index in [9.17, 15) is 9.90 Å². The zero-order valence-corrected chi connectivity index (χ0v) is 10.3. The number of rotatable bonds is 5. The first kappa shape index (κ1) is 13.0. The monoisotopic (exact) mass is 289 g/mol. The number of nitrogens with one attached hydrogen (secondary N) is 1. The predicted molar refractivity (Wildman–Crippen MR) is 61.1 cm³/mol. The van der Waals surface area contributed by atoms with Crippen LogP contribution in [-0.4, -0.2) is 31.3 Å². The second-order valence-electron chi connectivity index (χ2n) is 2.93. The van der Waals surface area contributed by atoms with Crippen LogP contribution < -0.4 is 5.48 Å². The minimum atomic E-state index is -0.499. The summed E-state index contributed by atoms with van der Waals surface area (Å²) in [5.41, 5.74) is 2.35. The van der Waals surface area contributed by atoms with E-state index in [1.807, 2.05) is 0 Å². The third-order valence-corrected chi connectivity index (χ3v) is 2.25. The number of hydrogen-bond donors (Lipinski definition) is 2. The standard InChI is InChI=1S/C10H12BrNO4/c1-15-4-5-16-12-10(14)8-3-2-7(11)6-9(8)13/h2-3,6,13H,4-5H2,1H3,(H,12,14). The Balaban J connectivity index is 2.53. The molecule has 0 aromatic heterocycles. The third kappa shape index (κ3) is 3.80. The van der Waals surface area contributed by atoms with Gasteiger partial charge in [-0.25, -0.2) is 5.48 Å². The number of phenols is 1. The van der Waals surface area contributed by atoms with Crippen LogP contribution in [0.15, 0.2) is 22.7 Å². The van der Waals surface area contributed by atoms with Gasteiger partial charge in [-0.05, 0) is 18.2 Å². The largest absolute Gasteiger partial charge is 0.507 e. The maximum atomic E-state index is 11.5. The van der Waals surface area contributed by atoms with Gasteiger partial charge in [0, 0.05) is 11.6 Å². The van der Waals surface area contributed by atoms with Crippen molar-refractivity contribution in [2.24, 2.45) is 0 Å². The van der Waals surface area contributed by atoms with Crippen molar-refractivity contribution in [3.05, 3.63) is 28.2 Å². The number of carbonyl (C=O) groups is 1. The van der Waals surface area contributed by atoms with Crippen molar-refractivity contribution in [3.63, 3.8) is 0 Å². The highest BCUT2D eigenvalue weighted by atomic mass is 79.9. The van der Waals surface area contributed by atoms with Crippen LogP contribution in [0.25, 0.3) is 0 Å². The van der Waals surface area contributed by atoms with E-state index in [0.29, 0.717) is 11.1 Å². The SMILES string of the molecule is COCCONC(=O)c1ccc(Br)cc1O. The Kier molecular flexibility index (Phi) is 5.24. The van der Waals surface area contributed by atoms with E-state index >= 15 is 0 Å². The number of aromatic hydroxyl groups is 1. The lowest BCUT2D eigenvalue weighted by Crippen LogP contribution is -2.25. The highest BCUT2D eigenvalue weighted by Gasteiger charge is 2.10. The van der Waals surface area contributed by atoms with Crippen LogP contribution in [0.4, 0.5) is 0 Å². The lowest BCUT2D eigenvalue weighted by molar-refractivity contribution is 0.00875. The average molecular weight is 290 g/mol. The first-order valence-electron chi connectivity index (χ1n) is 4.54. The van der Waals surface area contributed by atoms with Crippen molar-refractivity contribution >= 4 is 21.8 Å². The van der Waals surface area contributed by atoms with Crippen molar-refractivity contribution in [1.82, 2.24) is 5.48 Å². The zero-order valence-electron chi connectivity index (χ0n) is 8.70. The van der Waals surface area contributed by atoms with Crippen molar-refractivity contribution in [3.8, 4) is 5.75 Å². The maximum Gasteiger partial charge on any atom is 0.278 e. The summed E-state index contributed by atoms with van der Waals surface area (Å²) >= 11 is 3.18. The molecular formula is C10H12BrNO4. The van der Waals surface area contributed by atoms with Crippen LogP contribution in [0.1, 0.15) is 10.4 Å². The van der Waals surface area contributed by atoms with Crippen molar-refractivity contribution in [2.45, 2.75) is 0 Å². The molecule has 1 rings (SSSR count). The predicted octanol–water partition coefficient (Wildman–Crippen LogP) is 1.46. The Morgan fingerprint density at radius 1 is 1.50 bits per heavy atom. The van der Waals surface area contributed by atoms with Gasteiger partial charge in [0.2, 0.25) is 0 Å². The number of hydroxylamine groups is 1. The molecule has 0 aliphatic rings. The van der Waals surface area contributed by atoms with Crippen molar-refractivity contribution < 1.29 is 19.5 Å². The molecule has 1 aromatic carbocycles. The smallest absolute Gasteiger partial charge is 0.278 e. The van der Waals surface area contributed by atoms with E-state index in [2.05, 4.69) is 21.4 Å². The summed E-state index contributed by atoms with van der Waals surface area (Å²) in [5, 5.41) is 9.49. The summed E-state index contributed by atoms with van der Waals surface area (Å²) in [6, 6.07) is 4.59. The zero-order chi connectivity index (χ0) is 12.0. The molecule has 0 bridgehead atoms. The molecule has 0 saturated carbocycles. The molecule has 0 saturated heterocycles. The van der Waals surface area contributed by atoms with E-state index in [1.165, 1.54) is 19.2 Å². The van der Waals surface area contributed by atoms with Crippen molar-refractivity contribution in [2.75, 3.05) is 20.3 Å². The molecule has 0 fully saturated rings. The van der Waals surface area contributed by atoms with Gasteiger partial charge in [-0.1, -0.05) is 15.9 Å². The highest BCUT2D eigenvalue weighted by Crippen LogP contribution is 2.21. The van der Waals surface area contributed by atoms with Gasteiger partial charge in [0.05, 0.1) is 18.8 Å². The lowest BCUT2D eigenvalue weighted by Gasteiger charge is -2.06. The molecule has 0 unspecified atom stereocenters. The van der Waals surface area contributed by atoms with Gasteiger partial charge < -0.3 is 9.84 Å². The quantitative estimate of drug-likeness (QED) is 0.636. The molecule has 0 atom stereocenters. The van der Waals surface area contributed by atoms with Gasteiger partial charge in [-0.2, -0.15) is 0 Å². The molecule has 0 heterocycles. The summed E-state index contributed by atoms with van der Waals surface area (Å²) < 4.78 is 5.43. The Hall–Kier alpha value is -1.11. The molecule has 1 amide bonds. The number of carbonyl (C=O) groups excluding carboxylic acids is 1. The molecule has 0 aliphatic heterocycles. The van der Waals surface area contributed by atoms with Crippen LogP contribution >= 0.6 is 15.9 Å². The molecule has 0 spiro atoms. The van der Waals surface area contributed by atoms with Gasteiger partial charge >= 0.3 is 0 Å². The van der Waals surface area contributed by atoms with Crippen LogP contribution in [0.2, 0.25) is 0 Å². The molecule has 0 radical (unpaired) electrons. The number of amides is 1. The van der Waals surface area contributed by atoms with Gasteiger partial charge in [-0.3, -0.25) is 9.63 Å². The van der Waals surface area contributed by atoms with Gasteiger partial charge in [0.1, 0.15) is 5.75 Å². The van der Waals surface area contributed by atoms with E-state index in [-0.39, 0.29) is 17.9 Å². The number of benzene rings is 1. The summed E-state index contributed by atoms with van der Waals surface area (Å²) in [4.78, 5) is 16.3. The first-order valence-corrected chi connectivity index (χ1v) is 5.34. The minimum Gasteiger partial charge on any atom is -0.507 e. The molecular weight excluding hydrogens is 278 g/mol. The summed E-state index contributed by atoms with van der Waals surface area (Å²) in [5.74, 6) is -0.608. The fourth-order valence-electron chi connectivity index (χ4n) is 0.993. The molecule has 6 heteroatoms. The lowest BCUT2D eigenvalue weighted by atomic mass is 10.2. The molecule has 1 aromatic rings. The molecule has 88 valence electrons. The molecule has 2 N–H and O–H groups in total. The van der Waals surface area contributed by atoms with Gasteiger partial charge in [0.15, 0.2) is 0 Å². The Morgan fingerprint density at radius 2 is 2.25 bits per heavy atom. The maximum absolute atomic E-state index is 11.5. The Labute approximate surface area is 101 Å². The average Bonchev–Trinajstić information content (AvgIpc) is 2.24. The van der Waals surface area contributed by atoms with E-state index in [0.717, 1.165) is 0 Å². The van der Waals surface area contributed by atoms with E-state index < -0.39 is 5.91 Å². The second-order valence-corrected chi connectivity index (χ2v) is 3.85. The number of halogens is 1. The Morgan fingerprint density at radius 3 is 2.88 bits per heavy atom. The number of hydrogen-bond acceptors (Lipinski definition) is 4. The van der Waals surface area contributed by atoms with Crippen molar-refractivity contribution in [1.29, 1.82) is 0 Å². The van der Waals surface area contributed by atoms with Crippen LogP contribution in [0.5, 0.6) is 5.75 Å². The van der Waals surface area contributed by atoms with Crippen LogP contribution in [0, 0.1) is 0 Å². The van der Waals surface area contributed by atoms with Gasteiger partial charge in [-0.15, -0.1) is 0 Å². The third-order valence-electron chi connectivity index (χ3n) is 1.76. The van der Waals surface area contributed by atoms with E-state index in [4.69, 9.17) is 9.57 Å². The topological polar surface area (TPSA) is 67.8 Å². The normalized spacial score (nSPS) is 10.1. The molecule has 16 heavy (non-hydrogen) atoms. The van der Waals surface area contributed by atoms with Gasteiger partial charge in [0.25, 0.3) is 5.91 Å². The number of ether oxygens (including phenoxy) is 1. The minimum absolute atomic E-state index is 0.109. The summed E-state index contributed by atoms with van der Waals surface area (Å²) in [6.07, 6.45) is 0. The second kappa shape index (κ2) is 6.47. The van der Waals surface area contributed by atoms with Crippen LogP contribution in [-0.2, 0) is 9.57 Å². The highest BCUT2D eigenvalue weighted by molar-refractivity contribution is 9.10. The summed E-state index contributed by atoms with van der Waals surface area (Å²) in [7, 11) is 1.53. The fraction of sp³-hybridized carbons (Fsp3) is 0.300. The number of phenolic OH excluding ortho intramolecular Hbond substituents is 1. The fourth-order valence-corrected chi connectivity index (χ4v) is 1.34. The molecule has 5 nitrogen and oxygen atoms in total. The molecule has 0 aliphatic carbocycles.